The summed E-state index contributed by atoms with van der Waals surface area (Å²) in [4.78, 5) is 32.9. The van der Waals surface area contributed by atoms with Gasteiger partial charge < -0.3 is 10.1 Å². The lowest BCUT2D eigenvalue weighted by atomic mass is 10.2. The van der Waals surface area contributed by atoms with E-state index in [1.54, 1.807) is 29.2 Å². The number of carbonyl (C=O) groups is 2. The Kier molecular flexibility index (Phi) is 8.57. The Hall–Kier alpha value is -4.33. The number of rotatable bonds is 7. The highest BCUT2D eigenvalue weighted by atomic mass is 35.5. The smallest absolute Gasteiger partial charge is 0.271 e. The van der Waals surface area contributed by atoms with Crippen LogP contribution in [-0.4, -0.2) is 23.6 Å². The number of hydrogen-bond acceptors (Lipinski definition) is 5. The van der Waals surface area contributed by atoms with Crippen molar-refractivity contribution < 1.29 is 14.3 Å². The van der Waals surface area contributed by atoms with Gasteiger partial charge >= 0.3 is 0 Å². The van der Waals surface area contributed by atoms with Gasteiger partial charge in [0.1, 0.15) is 5.75 Å². The average Bonchev–Trinajstić information content (AvgIpc) is 3.24. The summed E-state index contributed by atoms with van der Waals surface area (Å²) in [5.41, 5.74) is 6.22. The fraction of sp³-hybridized carbons (Fsp3) is 0.121. The van der Waals surface area contributed by atoms with E-state index in [4.69, 9.17) is 21.3 Å². The Morgan fingerprint density at radius 1 is 0.927 bits per heavy atom. The number of amides is 2. The molecule has 0 bridgehead atoms. The van der Waals surface area contributed by atoms with Gasteiger partial charge in [-0.15, -0.1) is 0 Å². The molecule has 4 aromatic rings. The van der Waals surface area contributed by atoms with Gasteiger partial charge in [-0.05, 0) is 98.3 Å². The molecule has 8 heteroatoms. The van der Waals surface area contributed by atoms with Crippen molar-refractivity contribution in [3.05, 3.63) is 123 Å². The van der Waals surface area contributed by atoms with Crippen LogP contribution in [0.15, 0.2) is 101 Å². The van der Waals surface area contributed by atoms with Crippen LogP contribution >= 0.6 is 23.4 Å². The first-order valence-corrected chi connectivity index (χ1v) is 14.2. The van der Waals surface area contributed by atoms with Crippen LogP contribution in [0.25, 0.3) is 6.08 Å². The van der Waals surface area contributed by atoms with Gasteiger partial charge in [-0.25, -0.2) is 4.99 Å². The summed E-state index contributed by atoms with van der Waals surface area (Å²) in [6.45, 7) is 5.79. The lowest BCUT2D eigenvalue weighted by Crippen LogP contribution is -2.28. The Bertz CT molecular complexity index is 1660. The molecule has 5 rings (SSSR count). The molecule has 4 aromatic carbocycles. The van der Waals surface area contributed by atoms with Gasteiger partial charge in [0.25, 0.3) is 11.8 Å². The number of nitrogens with one attached hydrogen (secondary N) is 1. The van der Waals surface area contributed by atoms with Crippen molar-refractivity contribution >= 4 is 63.5 Å². The molecule has 0 atom stereocenters. The maximum atomic E-state index is 13.6. The van der Waals surface area contributed by atoms with Crippen molar-refractivity contribution in [2.75, 3.05) is 16.8 Å². The van der Waals surface area contributed by atoms with E-state index < -0.39 is 0 Å². The van der Waals surface area contributed by atoms with Crippen LogP contribution in [-0.2, 0) is 9.59 Å². The van der Waals surface area contributed by atoms with Gasteiger partial charge in [0.2, 0.25) is 0 Å². The third-order valence-corrected chi connectivity index (χ3v) is 7.54. The third kappa shape index (κ3) is 7.06. The number of thioether (sulfide) groups is 1. The monoisotopic (exact) mass is 581 g/mol. The average molecular weight is 582 g/mol. The van der Waals surface area contributed by atoms with E-state index in [2.05, 4.69) is 5.32 Å². The minimum atomic E-state index is -0.289. The van der Waals surface area contributed by atoms with Gasteiger partial charge in [0, 0.05) is 5.69 Å². The second-order valence-corrected chi connectivity index (χ2v) is 11.1. The maximum absolute atomic E-state index is 13.6. The minimum Gasteiger partial charge on any atom is -0.482 e. The van der Waals surface area contributed by atoms with Crippen molar-refractivity contribution in [1.82, 2.24) is 0 Å². The first-order valence-electron chi connectivity index (χ1n) is 13.0. The molecule has 1 fully saturated rings. The van der Waals surface area contributed by atoms with Gasteiger partial charge in [0.05, 0.1) is 21.3 Å². The van der Waals surface area contributed by atoms with Crippen molar-refractivity contribution in [3.63, 3.8) is 0 Å². The SMILES string of the molecule is Cc1ccc(N=C2S/C(=C\c3ccc(OCC(=O)Nc4cccc(C)c4)c(Cl)c3)C(=O)N2c2ccc(C)cc2)cc1. The Balaban J connectivity index is 1.34. The molecular weight excluding hydrogens is 554 g/mol. The normalized spacial score (nSPS) is 15.0. The summed E-state index contributed by atoms with van der Waals surface area (Å²) in [5.74, 6) is -0.0853. The summed E-state index contributed by atoms with van der Waals surface area (Å²) in [7, 11) is 0. The second-order valence-electron chi connectivity index (χ2n) is 9.71. The highest BCUT2D eigenvalue weighted by molar-refractivity contribution is 8.19. The number of ether oxygens (including phenoxy) is 1. The lowest BCUT2D eigenvalue weighted by molar-refractivity contribution is -0.118. The van der Waals surface area contributed by atoms with Crippen LogP contribution in [0.2, 0.25) is 5.02 Å². The van der Waals surface area contributed by atoms with Crippen molar-refractivity contribution in [2.24, 2.45) is 4.99 Å². The van der Waals surface area contributed by atoms with E-state index in [1.807, 2.05) is 93.6 Å². The van der Waals surface area contributed by atoms with Crippen LogP contribution < -0.4 is 15.0 Å². The van der Waals surface area contributed by atoms with E-state index >= 15 is 0 Å². The molecule has 0 unspecified atom stereocenters. The number of hydrogen-bond donors (Lipinski definition) is 1. The Morgan fingerprint density at radius 2 is 1.63 bits per heavy atom. The molecule has 0 spiro atoms. The third-order valence-electron chi connectivity index (χ3n) is 6.27. The number of anilines is 2. The van der Waals surface area contributed by atoms with Crippen molar-refractivity contribution in [1.29, 1.82) is 0 Å². The standard InChI is InChI=1S/C33H28ClN3O3S/c1-21-7-12-25(13-8-21)36-33-37(27-14-9-22(2)10-15-27)32(39)30(41-33)19-24-11-16-29(28(34)18-24)40-20-31(38)35-26-6-4-5-23(3)17-26/h4-19H,20H2,1-3H3,(H,35,38)/b30-19-,36-33?. The number of benzene rings is 4. The number of amidine groups is 1. The van der Waals surface area contributed by atoms with Gasteiger partial charge in [0.15, 0.2) is 11.8 Å². The molecular formula is C33H28ClN3O3S. The molecule has 0 saturated carbocycles. The summed E-state index contributed by atoms with van der Waals surface area (Å²) in [6, 6.07) is 28.4. The summed E-state index contributed by atoms with van der Waals surface area (Å²) >= 11 is 7.80. The van der Waals surface area contributed by atoms with E-state index in [0.717, 1.165) is 33.6 Å². The first kappa shape index (κ1) is 28.2. The predicted octanol–water partition coefficient (Wildman–Crippen LogP) is 8.09. The van der Waals surface area contributed by atoms with E-state index in [9.17, 15) is 9.59 Å². The quantitative estimate of drug-likeness (QED) is 0.224. The molecule has 1 aliphatic heterocycles. The summed E-state index contributed by atoms with van der Waals surface area (Å²) < 4.78 is 5.66. The first-order chi connectivity index (χ1) is 19.7. The fourth-order valence-electron chi connectivity index (χ4n) is 4.14. The number of nitrogens with zero attached hydrogens (tertiary/aromatic N) is 2. The molecule has 2 amide bonds. The van der Waals surface area contributed by atoms with Gasteiger partial charge in [-0.2, -0.15) is 0 Å². The number of carbonyl (C=O) groups excluding carboxylic acids is 2. The summed E-state index contributed by atoms with van der Waals surface area (Å²) in [5, 5.41) is 3.71. The van der Waals surface area contributed by atoms with Crippen molar-refractivity contribution in [2.45, 2.75) is 20.8 Å². The molecule has 206 valence electrons. The minimum absolute atomic E-state index is 0.172. The molecule has 41 heavy (non-hydrogen) atoms. The number of aliphatic imine (C=N–C) groups is 1. The van der Waals surface area contributed by atoms with Crippen LogP contribution in [0.1, 0.15) is 22.3 Å². The Morgan fingerprint density at radius 3 is 2.32 bits per heavy atom. The van der Waals surface area contributed by atoms with Crippen LogP contribution in [0.4, 0.5) is 17.1 Å². The zero-order valence-corrected chi connectivity index (χ0v) is 24.4. The van der Waals surface area contributed by atoms with Crippen LogP contribution in [0.3, 0.4) is 0 Å². The number of halogens is 1. The van der Waals surface area contributed by atoms with Gasteiger partial charge in [-0.3, -0.25) is 14.5 Å². The predicted molar refractivity (Wildman–Crippen MR) is 169 cm³/mol. The molecule has 0 radical (unpaired) electrons. The lowest BCUT2D eigenvalue weighted by Gasteiger charge is -2.16. The van der Waals surface area contributed by atoms with Crippen molar-refractivity contribution in [3.8, 4) is 5.75 Å². The second kappa shape index (κ2) is 12.5. The molecule has 6 nitrogen and oxygen atoms in total. The zero-order valence-electron chi connectivity index (χ0n) is 22.9. The zero-order chi connectivity index (χ0) is 28.9. The fourth-order valence-corrected chi connectivity index (χ4v) is 5.38. The Labute approximate surface area is 248 Å². The molecule has 1 aliphatic rings. The molecule has 0 aromatic heterocycles. The molecule has 1 N–H and O–H groups in total. The highest BCUT2D eigenvalue weighted by Crippen LogP contribution is 2.38. The highest BCUT2D eigenvalue weighted by Gasteiger charge is 2.34. The topological polar surface area (TPSA) is 71.0 Å². The van der Waals surface area contributed by atoms with E-state index in [1.165, 1.54) is 11.8 Å². The van der Waals surface area contributed by atoms with Crippen LogP contribution in [0, 0.1) is 20.8 Å². The van der Waals surface area contributed by atoms with Crippen LogP contribution in [0.5, 0.6) is 5.75 Å². The molecule has 1 saturated heterocycles. The number of aryl methyl sites for hydroxylation is 3. The van der Waals surface area contributed by atoms with E-state index in [-0.39, 0.29) is 18.4 Å². The largest absolute Gasteiger partial charge is 0.482 e. The molecule has 1 heterocycles. The maximum Gasteiger partial charge on any atom is 0.271 e. The van der Waals surface area contributed by atoms with E-state index in [0.29, 0.717) is 26.5 Å². The summed E-state index contributed by atoms with van der Waals surface area (Å²) in [6.07, 6.45) is 1.78. The van der Waals surface area contributed by atoms with Gasteiger partial charge in [-0.1, -0.05) is 65.2 Å². The molecule has 0 aliphatic carbocycles.